The predicted octanol–water partition coefficient (Wildman–Crippen LogP) is 1.06. The predicted molar refractivity (Wildman–Crippen MR) is 79.7 cm³/mol. The standard InChI is InChI=1S/C15H22N2O5/c1-6-22-15(20)10-7-11(17(4)12(10)8-21-5)13(18)14(19)16-9(2)3/h7,9H,6,8H2,1-5H3,(H,16,19). The lowest BCUT2D eigenvalue weighted by molar-refractivity contribution is -0.117. The van der Waals surface area contributed by atoms with Crippen LogP contribution in [0.25, 0.3) is 0 Å². The molecule has 0 bridgehead atoms. The number of ketones is 1. The third kappa shape index (κ3) is 3.94. The second-order valence-corrected chi connectivity index (χ2v) is 5.06. The van der Waals surface area contributed by atoms with Crippen molar-refractivity contribution in [1.82, 2.24) is 9.88 Å². The van der Waals surface area contributed by atoms with E-state index in [0.29, 0.717) is 5.69 Å². The molecule has 0 aliphatic rings. The highest BCUT2D eigenvalue weighted by molar-refractivity contribution is 6.42. The van der Waals surface area contributed by atoms with Crippen LogP contribution in [0.4, 0.5) is 0 Å². The van der Waals surface area contributed by atoms with E-state index < -0.39 is 17.7 Å². The molecule has 0 saturated carbocycles. The van der Waals surface area contributed by atoms with E-state index in [4.69, 9.17) is 9.47 Å². The van der Waals surface area contributed by atoms with Gasteiger partial charge in [-0.15, -0.1) is 0 Å². The summed E-state index contributed by atoms with van der Waals surface area (Å²) in [5.41, 5.74) is 0.835. The number of methoxy groups -OCH3 is 1. The zero-order chi connectivity index (χ0) is 16.9. The summed E-state index contributed by atoms with van der Waals surface area (Å²) in [5, 5.41) is 2.53. The van der Waals surface area contributed by atoms with Gasteiger partial charge in [-0.2, -0.15) is 0 Å². The Kier molecular flexibility index (Phi) is 6.30. The Hall–Kier alpha value is -2.15. The molecule has 7 nitrogen and oxygen atoms in total. The molecule has 0 aliphatic carbocycles. The van der Waals surface area contributed by atoms with Gasteiger partial charge in [0.25, 0.3) is 11.7 Å². The van der Waals surface area contributed by atoms with Crippen LogP contribution in [0.15, 0.2) is 6.07 Å². The van der Waals surface area contributed by atoms with Gasteiger partial charge < -0.3 is 19.4 Å². The third-order valence-corrected chi connectivity index (χ3v) is 2.99. The second-order valence-electron chi connectivity index (χ2n) is 5.06. The first-order valence-electron chi connectivity index (χ1n) is 7.03. The molecular weight excluding hydrogens is 288 g/mol. The van der Waals surface area contributed by atoms with Crippen molar-refractivity contribution in [2.24, 2.45) is 7.05 Å². The monoisotopic (exact) mass is 310 g/mol. The van der Waals surface area contributed by atoms with Gasteiger partial charge in [-0.05, 0) is 26.8 Å². The molecule has 0 unspecified atom stereocenters. The van der Waals surface area contributed by atoms with E-state index in [1.165, 1.54) is 17.7 Å². The number of ether oxygens (including phenoxy) is 2. The molecule has 1 aromatic heterocycles. The molecule has 1 rings (SSSR count). The largest absolute Gasteiger partial charge is 0.462 e. The Morgan fingerprint density at radius 3 is 2.45 bits per heavy atom. The van der Waals surface area contributed by atoms with Crippen molar-refractivity contribution >= 4 is 17.7 Å². The summed E-state index contributed by atoms with van der Waals surface area (Å²) in [4.78, 5) is 36.1. The van der Waals surface area contributed by atoms with Gasteiger partial charge in [0.15, 0.2) is 0 Å². The molecule has 1 N–H and O–H groups in total. The first kappa shape index (κ1) is 17.9. The fourth-order valence-electron chi connectivity index (χ4n) is 2.00. The minimum Gasteiger partial charge on any atom is -0.462 e. The highest BCUT2D eigenvalue weighted by atomic mass is 16.5. The van der Waals surface area contributed by atoms with E-state index in [1.807, 2.05) is 0 Å². The number of rotatable bonds is 7. The number of nitrogens with one attached hydrogen (secondary N) is 1. The Bertz CT molecular complexity index is 575. The van der Waals surface area contributed by atoms with Crippen molar-refractivity contribution in [1.29, 1.82) is 0 Å². The zero-order valence-corrected chi connectivity index (χ0v) is 13.6. The van der Waals surface area contributed by atoms with Crippen LogP contribution >= 0.6 is 0 Å². The molecule has 0 radical (unpaired) electrons. The first-order chi connectivity index (χ1) is 10.3. The SMILES string of the molecule is CCOC(=O)c1cc(C(=O)C(=O)NC(C)C)n(C)c1COC. The van der Waals surface area contributed by atoms with Crippen LogP contribution in [0.1, 0.15) is 47.3 Å². The quantitative estimate of drug-likeness (QED) is 0.462. The van der Waals surface area contributed by atoms with E-state index >= 15 is 0 Å². The molecule has 1 heterocycles. The summed E-state index contributed by atoms with van der Waals surface area (Å²) in [7, 11) is 3.09. The minimum atomic E-state index is -0.713. The molecule has 22 heavy (non-hydrogen) atoms. The Morgan fingerprint density at radius 2 is 1.95 bits per heavy atom. The highest BCUT2D eigenvalue weighted by Gasteiger charge is 2.26. The van der Waals surface area contributed by atoms with Crippen molar-refractivity contribution in [3.05, 3.63) is 23.0 Å². The topological polar surface area (TPSA) is 86.6 Å². The number of nitrogens with zero attached hydrogens (tertiary/aromatic N) is 1. The van der Waals surface area contributed by atoms with Crippen LogP contribution in [0.3, 0.4) is 0 Å². The number of hydrogen-bond acceptors (Lipinski definition) is 5. The lowest BCUT2D eigenvalue weighted by atomic mass is 10.2. The van der Waals surface area contributed by atoms with Crippen LogP contribution in [0.5, 0.6) is 0 Å². The number of carbonyl (C=O) groups excluding carboxylic acids is 3. The number of amides is 1. The van der Waals surface area contributed by atoms with Crippen LogP contribution in [-0.2, 0) is 27.9 Å². The third-order valence-electron chi connectivity index (χ3n) is 2.99. The van der Waals surface area contributed by atoms with Crippen LogP contribution in [-0.4, -0.2) is 42.0 Å². The number of carbonyl (C=O) groups is 3. The van der Waals surface area contributed by atoms with E-state index in [1.54, 1.807) is 27.8 Å². The molecule has 122 valence electrons. The van der Waals surface area contributed by atoms with Gasteiger partial charge in [0, 0.05) is 20.2 Å². The van der Waals surface area contributed by atoms with Gasteiger partial charge in [-0.25, -0.2) is 4.79 Å². The fourth-order valence-corrected chi connectivity index (χ4v) is 2.00. The van der Waals surface area contributed by atoms with Gasteiger partial charge in [0.1, 0.15) is 0 Å². The van der Waals surface area contributed by atoms with Crippen LogP contribution in [0.2, 0.25) is 0 Å². The van der Waals surface area contributed by atoms with Gasteiger partial charge in [-0.1, -0.05) is 0 Å². The zero-order valence-electron chi connectivity index (χ0n) is 13.6. The normalized spacial score (nSPS) is 10.6. The average molecular weight is 310 g/mol. The van der Waals surface area contributed by atoms with Crippen molar-refractivity contribution in [2.45, 2.75) is 33.4 Å². The van der Waals surface area contributed by atoms with Gasteiger partial charge in [0.2, 0.25) is 0 Å². The molecule has 0 saturated heterocycles. The molecule has 7 heteroatoms. The fraction of sp³-hybridized carbons (Fsp3) is 0.533. The van der Waals surface area contributed by atoms with Crippen molar-refractivity contribution in [3.63, 3.8) is 0 Å². The number of Topliss-reactive ketones (excluding diaryl/α,β-unsaturated/α-hetero) is 1. The molecule has 0 fully saturated rings. The van der Waals surface area contributed by atoms with Gasteiger partial charge in [0.05, 0.1) is 30.2 Å². The summed E-state index contributed by atoms with van der Waals surface area (Å²) in [5.74, 6) is -1.97. The maximum absolute atomic E-state index is 12.2. The van der Waals surface area contributed by atoms with Gasteiger partial charge >= 0.3 is 5.97 Å². The van der Waals surface area contributed by atoms with Crippen molar-refractivity contribution in [3.8, 4) is 0 Å². The lowest BCUT2D eigenvalue weighted by Crippen LogP contribution is -2.36. The first-order valence-corrected chi connectivity index (χ1v) is 7.03. The summed E-state index contributed by atoms with van der Waals surface area (Å²) in [6.07, 6.45) is 0. The van der Waals surface area contributed by atoms with E-state index in [-0.39, 0.29) is 30.5 Å². The number of hydrogen-bond donors (Lipinski definition) is 1. The Balaban J connectivity index is 3.21. The highest BCUT2D eigenvalue weighted by Crippen LogP contribution is 2.18. The molecule has 0 aliphatic heterocycles. The molecule has 1 aromatic rings. The van der Waals surface area contributed by atoms with Crippen LogP contribution in [0, 0.1) is 0 Å². The maximum Gasteiger partial charge on any atom is 0.340 e. The van der Waals surface area contributed by atoms with Crippen LogP contribution < -0.4 is 5.32 Å². The molecule has 0 atom stereocenters. The number of aromatic nitrogens is 1. The molecule has 0 spiro atoms. The number of esters is 1. The Labute approximate surface area is 129 Å². The maximum atomic E-state index is 12.2. The second kappa shape index (κ2) is 7.74. The smallest absolute Gasteiger partial charge is 0.340 e. The van der Waals surface area contributed by atoms with E-state index in [0.717, 1.165) is 0 Å². The van der Waals surface area contributed by atoms with Crippen molar-refractivity contribution in [2.75, 3.05) is 13.7 Å². The van der Waals surface area contributed by atoms with Gasteiger partial charge in [-0.3, -0.25) is 9.59 Å². The molecule has 1 amide bonds. The minimum absolute atomic E-state index is 0.119. The molecular formula is C15H22N2O5. The van der Waals surface area contributed by atoms with E-state index in [2.05, 4.69) is 5.32 Å². The summed E-state index contributed by atoms with van der Waals surface area (Å²) >= 11 is 0. The summed E-state index contributed by atoms with van der Waals surface area (Å²) in [6, 6.07) is 1.22. The summed E-state index contributed by atoms with van der Waals surface area (Å²) < 4.78 is 11.5. The summed E-state index contributed by atoms with van der Waals surface area (Å²) in [6.45, 7) is 5.56. The van der Waals surface area contributed by atoms with E-state index in [9.17, 15) is 14.4 Å². The average Bonchev–Trinajstić information content (AvgIpc) is 2.76. The Morgan fingerprint density at radius 1 is 1.32 bits per heavy atom. The van der Waals surface area contributed by atoms with Crippen molar-refractivity contribution < 1.29 is 23.9 Å². The molecule has 0 aromatic carbocycles. The lowest BCUT2D eigenvalue weighted by Gasteiger charge is -2.09.